The second-order valence-corrected chi connectivity index (χ2v) is 3.78. The minimum atomic E-state index is -0.0381. The fraction of sp³-hybridized carbons (Fsp3) is 0.444. The molecule has 1 aromatic heterocycles. The number of halogens is 1. The van der Waals surface area contributed by atoms with Crippen molar-refractivity contribution >= 4 is 23.3 Å². The first-order valence-corrected chi connectivity index (χ1v) is 4.98. The number of hydrogen-bond acceptors (Lipinski definition) is 4. The van der Waals surface area contributed by atoms with Gasteiger partial charge in [0.1, 0.15) is 5.82 Å². The zero-order chi connectivity index (χ0) is 10.8. The summed E-state index contributed by atoms with van der Waals surface area (Å²) in [6.45, 7) is 0.504. The largest absolute Gasteiger partial charge is 0.396 e. The van der Waals surface area contributed by atoms with Gasteiger partial charge >= 0.3 is 0 Å². The van der Waals surface area contributed by atoms with Gasteiger partial charge in [0.25, 0.3) is 0 Å². The third kappa shape index (κ3) is 2.08. The number of carbonyl (C=O) groups is 1. The predicted octanol–water partition coefficient (Wildman–Crippen LogP) is 0.475. The average molecular weight is 228 g/mol. The maximum atomic E-state index is 11.6. The molecule has 1 aliphatic rings. The normalized spacial score (nSPS) is 21.1. The van der Waals surface area contributed by atoms with E-state index in [4.69, 9.17) is 16.7 Å². The Kier molecular flexibility index (Phi) is 2.83. The molecule has 0 radical (unpaired) electrons. The second kappa shape index (κ2) is 4.12. The molecule has 0 bridgehead atoms. The average Bonchev–Trinajstić information content (AvgIpc) is 2.60. The van der Waals surface area contributed by atoms with Gasteiger partial charge in [0.2, 0.25) is 11.2 Å². The molecule has 1 aliphatic heterocycles. The molecule has 6 heteroatoms. The molecule has 0 saturated carbocycles. The van der Waals surface area contributed by atoms with Gasteiger partial charge in [-0.2, -0.15) is 0 Å². The smallest absolute Gasteiger partial charge is 0.228 e. The Morgan fingerprint density at radius 3 is 3.07 bits per heavy atom. The standard InChI is InChI=1S/C9H10ClN3O2/c10-9-11-2-1-7(12-9)13-4-6(5-14)3-8(13)15/h1-2,6,14H,3-5H2. The summed E-state index contributed by atoms with van der Waals surface area (Å²) in [5.74, 6) is 0.450. The van der Waals surface area contributed by atoms with Crippen LogP contribution < -0.4 is 4.90 Å². The van der Waals surface area contributed by atoms with Gasteiger partial charge in [-0.1, -0.05) is 0 Å². The van der Waals surface area contributed by atoms with Crippen molar-refractivity contribution < 1.29 is 9.90 Å². The molecule has 1 atom stereocenters. The second-order valence-electron chi connectivity index (χ2n) is 3.44. The molecule has 1 N–H and O–H groups in total. The zero-order valence-corrected chi connectivity index (χ0v) is 8.68. The van der Waals surface area contributed by atoms with Gasteiger partial charge in [-0.25, -0.2) is 9.97 Å². The number of nitrogens with zero attached hydrogens (tertiary/aromatic N) is 3. The van der Waals surface area contributed by atoms with Gasteiger partial charge < -0.3 is 5.11 Å². The first-order chi connectivity index (χ1) is 7.20. The van der Waals surface area contributed by atoms with E-state index in [9.17, 15) is 4.79 Å². The molecule has 0 spiro atoms. The Morgan fingerprint density at radius 2 is 2.47 bits per heavy atom. The Morgan fingerprint density at radius 1 is 1.67 bits per heavy atom. The minimum absolute atomic E-state index is 0.00811. The van der Waals surface area contributed by atoms with Gasteiger partial charge in [-0.05, 0) is 17.7 Å². The first-order valence-electron chi connectivity index (χ1n) is 4.60. The number of carbonyl (C=O) groups excluding carboxylic acids is 1. The monoisotopic (exact) mass is 227 g/mol. The lowest BCUT2D eigenvalue weighted by Gasteiger charge is -2.14. The fourth-order valence-corrected chi connectivity index (χ4v) is 1.74. The van der Waals surface area contributed by atoms with Crippen molar-refractivity contribution in [1.29, 1.82) is 0 Å². The zero-order valence-electron chi connectivity index (χ0n) is 7.93. The van der Waals surface area contributed by atoms with Crippen LogP contribution in [0.3, 0.4) is 0 Å². The summed E-state index contributed by atoms with van der Waals surface area (Å²) in [4.78, 5) is 20.8. The molecular formula is C9H10ClN3O2. The molecule has 15 heavy (non-hydrogen) atoms. The number of aliphatic hydroxyl groups is 1. The molecule has 1 saturated heterocycles. The van der Waals surface area contributed by atoms with Crippen molar-refractivity contribution in [2.45, 2.75) is 6.42 Å². The number of aliphatic hydroxyl groups excluding tert-OH is 1. The molecular weight excluding hydrogens is 218 g/mol. The Labute approximate surface area is 91.7 Å². The molecule has 1 unspecified atom stereocenters. The van der Waals surface area contributed by atoms with E-state index in [0.717, 1.165) is 0 Å². The highest BCUT2D eigenvalue weighted by atomic mass is 35.5. The van der Waals surface area contributed by atoms with Crippen LogP contribution in [0.2, 0.25) is 5.28 Å². The van der Waals surface area contributed by atoms with Crippen LogP contribution in [0.5, 0.6) is 0 Å². The molecule has 1 aromatic rings. The van der Waals surface area contributed by atoms with Crippen molar-refractivity contribution in [3.05, 3.63) is 17.5 Å². The number of rotatable bonds is 2. The summed E-state index contributed by atoms with van der Waals surface area (Å²) in [5, 5.41) is 9.08. The number of amides is 1. The quantitative estimate of drug-likeness (QED) is 0.747. The lowest BCUT2D eigenvalue weighted by molar-refractivity contribution is -0.117. The molecule has 80 valence electrons. The summed E-state index contributed by atoms with van der Waals surface area (Å²) < 4.78 is 0. The van der Waals surface area contributed by atoms with Gasteiger partial charge in [-0.15, -0.1) is 0 Å². The summed E-state index contributed by atoms with van der Waals surface area (Å²) in [6, 6.07) is 1.63. The van der Waals surface area contributed by atoms with Gasteiger partial charge in [0.15, 0.2) is 0 Å². The highest BCUT2D eigenvalue weighted by Crippen LogP contribution is 2.23. The van der Waals surface area contributed by atoms with Crippen LogP contribution >= 0.6 is 11.6 Å². The van der Waals surface area contributed by atoms with Crippen LogP contribution in [-0.4, -0.2) is 34.1 Å². The first kappa shape index (κ1) is 10.3. The van der Waals surface area contributed by atoms with E-state index in [0.29, 0.717) is 18.8 Å². The highest BCUT2D eigenvalue weighted by Gasteiger charge is 2.30. The summed E-state index contributed by atoms with van der Waals surface area (Å²) in [5.41, 5.74) is 0. The van der Waals surface area contributed by atoms with Crippen LogP contribution in [0.25, 0.3) is 0 Å². The van der Waals surface area contributed by atoms with Gasteiger partial charge in [0, 0.05) is 31.7 Å². The molecule has 0 aliphatic carbocycles. The highest BCUT2D eigenvalue weighted by molar-refractivity contribution is 6.28. The van der Waals surface area contributed by atoms with E-state index in [2.05, 4.69) is 9.97 Å². The molecule has 5 nitrogen and oxygen atoms in total. The van der Waals surface area contributed by atoms with Crippen molar-refractivity contribution in [1.82, 2.24) is 9.97 Å². The van der Waals surface area contributed by atoms with E-state index in [1.165, 1.54) is 11.1 Å². The lowest BCUT2D eigenvalue weighted by atomic mass is 10.1. The summed E-state index contributed by atoms with van der Waals surface area (Å²) in [6.07, 6.45) is 1.86. The summed E-state index contributed by atoms with van der Waals surface area (Å²) >= 11 is 5.63. The SMILES string of the molecule is O=C1CC(CO)CN1c1ccnc(Cl)n1. The fourth-order valence-electron chi connectivity index (χ4n) is 1.60. The predicted molar refractivity (Wildman–Crippen MR) is 54.6 cm³/mol. The molecule has 0 aromatic carbocycles. The van der Waals surface area contributed by atoms with Crippen LogP contribution in [0.1, 0.15) is 6.42 Å². The van der Waals surface area contributed by atoms with Crippen molar-refractivity contribution in [2.24, 2.45) is 5.92 Å². The van der Waals surface area contributed by atoms with E-state index in [-0.39, 0.29) is 23.7 Å². The number of hydrogen-bond donors (Lipinski definition) is 1. The molecule has 1 amide bonds. The molecule has 2 heterocycles. The lowest BCUT2D eigenvalue weighted by Crippen LogP contribution is -2.25. The number of anilines is 1. The minimum Gasteiger partial charge on any atom is -0.396 e. The van der Waals surface area contributed by atoms with Crippen molar-refractivity contribution in [3.8, 4) is 0 Å². The Hall–Kier alpha value is -1.20. The molecule has 1 fully saturated rings. The van der Waals surface area contributed by atoms with Crippen LogP contribution in [0.4, 0.5) is 5.82 Å². The van der Waals surface area contributed by atoms with Gasteiger partial charge in [-0.3, -0.25) is 9.69 Å². The third-order valence-corrected chi connectivity index (χ3v) is 2.53. The van der Waals surface area contributed by atoms with Crippen LogP contribution in [0.15, 0.2) is 12.3 Å². The van der Waals surface area contributed by atoms with Crippen molar-refractivity contribution in [2.75, 3.05) is 18.1 Å². The third-order valence-electron chi connectivity index (χ3n) is 2.35. The molecule has 2 rings (SSSR count). The Balaban J connectivity index is 2.21. The van der Waals surface area contributed by atoms with E-state index < -0.39 is 0 Å². The van der Waals surface area contributed by atoms with Gasteiger partial charge in [0.05, 0.1) is 0 Å². The van der Waals surface area contributed by atoms with E-state index in [1.807, 2.05) is 0 Å². The maximum Gasteiger partial charge on any atom is 0.228 e. The topological polar surface area (TPSA) is 66.3 Å². The van der Waals surface area contributed by atoms with E-state index in [1.54, 1.807) is 6.07 Å². The van der Waals surface area contributed by atoms with Crippen LogP contribution in [0, 0.1) is 5.92 Å². The van der Waals surface area contributed by atoms with Crippen molar-refractivity contribution in [3.63, 3.8) is 0 Å². The maximum absolute atomic E-state index is 11.6. The van der Waals surface area contributed by atoms with E-state index >= 15 is 0 Å². The summed E-state index contributed by atoms with van der Waals surface area (Å²) in [7, 11) is 0. The number of aromatic nitrogens is 2. The van der Waals surface area contributed by atoms with Crippen LogP contribution in [-0.2, 0) is 4.79 Å². The Bertz CT molecular complexity index is 385.